The van der Waals surface area contributed by atoms with E-state index >= 15 is 0 Å². The summed E-state index contributed by atoms with van der Waals surface area (Å²) in [5.74, 6) is -0.297. The highest BCUT2D eigenvalue weighted by molar-refractivity contribution is 5.90. The van der Waals surface area contributed by atoms with Gasteiger partial charge < -0.3 is 9.84 Å². The third-order valence-electron chi connectivity index (χ3n) is 2.34. The summed E-state index contributed by atoms with van der Waals surface area (Å²) in [7, 11) is 0. The highest BCUT2D eigenvalue weighted by Gasteiger charge is 2.13. The van der Waals surface area contributed by atoms with Crippen molar-refractivity contribution >= 4 is 5.91 Å². The maximum Gasteiger partial charge on any atom is 0.292 e. The molecule has 2 aromatic rings. The zero-order valence-corrected chi connectivity index (χ0v) is 9.81. The predicted octanol–water partition coefficient (Wildman–Crippen LogP) is 1.70. The number of carbonyl (C=O) groups excluding carboxylic acids is 1. The molecule has 0 fully saturated rings. The molecule has 1 N–H and O–H groups in total. The molecule has 0 radical (unpaired) electrons. The third-order valence-corrected chi connectivity index (χ3v) is 2.34. The summed E-state index contributed by atoms with van der Waals surface area (Å²) in [6.07, 6.45) is 0.582. The Morgan fingerprint density at radius 3 is 2.72 bits per heavy atom. The molecule has 0 saturated heterocycles. The van der Waals surface area contributed by atoms with E-state index in [2.05, 4.69) is 15.5 Å². The van der Waals surface area contributed by atoms with Crippen molar-refractivity contribution in [3.8, 4) is 0 Å². The van der Waals surface area contributed by atoms with Crippen molar-refractivity contribution in [2.75, 3.05) is 0 Å². The number of aromatic nitrogens is 2. The number of nitrogens with zero attached hydrogens (tertiary/aromatic N) is 2. The minimum Gasteiger partial charge on any atom is -0.345 e. The Bertz CT molecular complexity index is 537. The molecule has 18 heavy (non-hydrogen) atoms. The number of carbonyl (C=O) groups is 1. The van der Waals surface area contributed by atoms with Gasteiger partial charge in [0.2, 0.25) is 5.89 Å². The molecule has 1 aromatic carbocycles. The van der Waals surface area contributed by atoms with E-state index in [0.717, 1.165) is 5.56 Å². The molecule has 0 aliphatic carbocycles. The molecule has 5 nitrogen and oxygen atoms in total. The Morgan fingerprint density at radius 2 is 2.11 bits per heavy atom. The molecule has 0 aliphatic rings. The number of aryl methyl sites for hydroxylation is 1. The van der Waals surface area contributed by atoms with E-state index < -0.39 is 5.91 Å². The van der Waals surface area contributed by atoms with E-state index in [1.54, 1.807) is 12.1 Å². The number of hydrogen-bond acceptors (Lipinski definition) is 4. The number of amides is 1. The van der Waals surface area contributed by atoms with Gasteiger partial charge in [0.1, 0.15) is 5.82 Å². The fourth-order valence-corrected chi connectivity index (χ4v) is 1.35. The van der Waals surface area contributed by atoms with Crippen molar-refractivity contribution in [1.82, 2.24) is 15.5 Å². The van der Waals surface area contributed by atoms with Gasteiger partial charge in [0.15, 0.2) is 0 Å². The average molecular weight is 249 g/mol. The maximum absolute atomic E-state index is 12.7. The Labute approximate surface area is 103 Å². The lowest BCUT2D eigenvalue weighted by molar-refractivity contribution is 0.0937. The van der Waals surface area contributed by atoms with Gasteiger partial charge >= 0.3 is 0 Å². The van der Waals surface area contributed by atoms with Crippen LogP contribution in [0, 0.1) is 5.82 Å². The quantitative estimate of drug-likeness (QED) is 0.895. The van der Waals surface area contributed by atoms with Crippen LogP contribution in [-0.2, 0) is 13.0 Å². The second-order valence-corrected chi connectivity index (χ2v) is 3.67. The predicted molar refractivity (Wildman–Crippen MR) is 61.2 cm³/mol. The topological polar surface area (TPSA) is 68.0 Å². The summed E-state index contributed by atoms with van der Waals surface area (Å²) in [5.41, 5.74) is 0.795. The Balaban J connectivity index is 1.93. The number of halogens is 1. The lowest BCUT2D eigenvalue weighted by Gasteiger charge is -2.02. The Morgan fingerprint density at radius 1 is 1.39 bits per heavy atom. The first-order chi connectivity index (χ1) is 8.69. The zero-order chi connectivity index (χ0) is 13.0. The molecule has 0 saturated carbocycles. The molecule has 2 rings (SSSR count). The monoisotopic (exact) mass is 249 g/mol. The van der Waals surface area contributed by atoms with Gasteiger partial charge in [-0.05, 0) is 17.7 Å². The van der Waals surface area contributed by atoms with Crippen LogP contribution in [0.15, 0.2) is 28.8 Å². The van der Waals surface area contributed by atoms with Crippen LogP contribution in [0.3, 0.4) is 0 Å². The van der Waals surface area contributed by atoms with Crippen molar-refractivity contribution in [3.05, 3.63) is 47.4 Å². The molecule has 1 heterocycles. The van der Waals surface area contributed by atoms with Gasteiger partial charge in [0, 0.05) is 13.0 Å². The maximum atomic E-state index is 12.7. The summed E-state index contributed by atoms with van der Waals surface area (Å²) < 4.78 is 17.5. The van der Waals surface area contributed by atoms with Crippen molar-refractivity contribution in [3.63, 3.8) is 0 Å². The van der Waals surface area contributed by atoms with Gasteiger partial charge in [-0.15, -0.1) is 0 Å². The van der Waals surface area contributed by atoms with Gasteiger partial charge in [-0.1, -0.05) is 24.2 Å². The molecule has 94 valence electrons. The van der Waals surface area contributed by atoms with E-state index in [-0.39, 0.29) is 18.2 Å². The van der Waals surface area contributed by atoms with Crippen LogP contribution in [0.5, 0.6) is 0 Å². The van der Waals surface area contributed by atoms with Crippen LogP contribution in [0.2, 0.25) is 0 Å². The van der Waals surface area contributed by atoms with Crippen LogP contribution < -0.4 is 5.32 Å². The molecular formula is C12H12FN3O2. The van der Waals surface area contributed by atoms with Crippen LogP contribution in [-0.4, -0.2) is 16.0 Å². The van der Waals surface area contributed by atoms with Crippen LogP contribution in [0.25, 0.3) is 0 Å². The van der Waals surface area contributed by atoms with E-state index in [1.807, 2.05) is 6.92 Å². The van der Waals surface area contributed by atoms with Gasteiger partial charge in [-0.3, -0.25) is 4.79 Å². The Hall–Kier alpha value is -2.24. The summed E-state index contributed by atoms with van der Waals surface area (Å²) in [6.45, 7) is 2.14. The second kappa shape index (κ2) is 5.39. The highest BCUT2D eigenvalue weighted by atomic mass is 19.1. The zero-order valence-electron chi connectivity index (χ0n) is 9.81. The molecule has 0 aliphatic heterocycles. The molecule has 1 aromatic heterocycles. The number of benzene rings is 1. The van der Waals surface area contributed by atoms with Crippen LogP contribution in [0.1, 0.15) is 29.0 Å². The standard InChI is InChI=1S/C12H12FN3O2/c1-2-10-15-11(16-18-10)12(17)14-7-8-3-5-9(13)6-4-8/h3-6H,2,7H2,1H3,(H,14,17). The number of hydrogen-bond donors (Lipinski definition) is 1. The average Bonchev–Trinajstić information content (AvgIpc) is 2.86. The smallest absolute Gasteiger partial charge is 0.292 e. The fraction of sp³-hybridized carbons (Fsp3) is 0.250. The van der Waals surface area contributed by atoms with Crippen molar-refractivity contribution in [2.24, 2.45) is 0 Å². The van der Waals surface area contributed by atoms with Crippen molar-refractivity contribution < 1.29 is 13.7 Å². The largest absolute Gasteiger partial charge is 0.345 e. The normalized spacial score (nSPS) is 10.3. The van der Waals surface area contributed by atoms with Gasteiger partial charge in [-0.25, -0.2) is 4.39 Å². The summed E-state index contributed by atoms with van der Waals surface area (Å²) in [5, 5.41) is 6.18. The molecule has 6 heteroatoms. The van der Waals surface area contributed by atoms with Crippen molar-refractivity contribution in [2.45, 2.75) is 19.9 Å². The molecule has 0 spiro atoms. The molecule has 0 atom stereocenters. The summed E-state index contributed by atoms with van der Waals surface area (Å²) in [4.78, 5) is 15.5. The first-order valence-corrected chi connectivity index (χ1v) is 5.54. The van der Waals surface area contributed by atoms with Crippen molar-refractivity contribution in [1.29, 1.82) is 0 Å². The van der Waals surface area contributed by atoms with E-state index in [1.165, 1.54) is 12.1 Å². The number of nitrogens with one attached hydrogen (secondary N) is 1. The SMILES string of the molecule is CCc1nc(C(=O)NCc2ccc(F)cc2)no1. The third kappa shape index (κ3) is 2.91. The van der Waals surface area contributed by atoms with E-state index in [4.69, 9.17) is 4.52 Å². The van der Waals surface area contributed by atoms with Gasteiger partial charge in [0.25, 0.3) is 11.7 Å². The lowest BCUT2D eigenvalue weighted by atomic mass is 10.2. The minimum absolute atomic E-state index is 0.00830. The number of rotatable bonds is 4. The van der Waals surface area contributed by atoms with E-state index in [9.17, 15) is 9.18 Å². The molecule has 1 amide bonds. The van der Waals surface area contributed by atoms with E-state index in [0.29, 0.717) is 12.3 Å². The first-order valence-electron chi connectivity index (χ1n) is 5.54. The summed E-state index contributed by atoms with van der Waals surface area (Å²) in [6, 6.07) is 5.88. The van der Waals surface area contributed by atoms with Crippen LogP contribution in [0.4, 0.5) is 4.39 Å². The Kier molecular flexibility index (Phi) is 3.66. The van der Waals surface area contributed by atoms with Gasteiger partial charge in [-0.2, -0.15) is 4.98 Å². The summed E-state index contributed by atoms with van der Waals surface area (Å²) >= 11 is 0. The highest BCUT2D eigenvalue weighted by Crippen LogP contribution is 2.03. The first kappa shape index (κ1) is 12.2. The minimum atomic E-state index is -0.414. The second-order valence-electron chi connectivity index (χ2n) is 3.67. The molecule has 0 bridgehead atoms. The fourth-order valence-electron chi connectivity index (χ4n) is 1.35. The van der Waals surface area contributed by atoms with Crippen LogP contribution >= 0.6 is 0 Å². The lowest BCUT2D eigenvalue weighted by Crippen LogP contribution is -2.23. The molecular weight excluding hydrogens is 237 g/mol. The molecule has 0 unspecified atom stereocenters. The van der Waals surface area contributed by atoms with Gasteiger partial charge in [0.05, 0.1) is 0 Å².